The van der Waals surface area contributed by atoms with Crippen LogP contribution in [0.1, 0.15) is 5.56 Å². The van der Waals surface area contributed by atoms with E-state index in [1.54, 1.807) is 6.26 Å². The Morgan fingerprint density at radius 1 is 0.880 bits per heavy atom. The van der Waals surface area contributed by atoms with E-state index in [1.807, 2.05) is 30.6 Å². The number of aryl methyl sites for hydroxylation is 1. The van der Waals surface area contributed by atoms with E-state index in [9.17, 15) is 0 Å². The normalized spacial score (nSPS) is 11.4. The van der Waals surface area contributed by atoms with E-state index >= 15 is 0 Å². The first-order valence-corrected chi connectivity index (χ1v) is 8.30. The van der Waals surface area contributed by atoms with Crippen LogP contribution in [-0.2, 0) is 0 Å². The molecule has 0 fully saturated rings. The quantitative estimate of drug-likeness (QED) is 0.436. The second-order valence-electron chi connectivity index (χ2n) is 6.33. The Balaban J connectivity index is 1.75. The van der Waals surface area contributed by atoms with Gasteiger partial charge in [0.1, 0.15) is 11.2 Å². The van der Waals surface area contributed by atoms with E-state index in [0.29, 0.717) is 0 Å². The minimum Gasteiger partial charge on any atom is -0.464 e. The van der Waals surface area contributed by atoms with E-state index in [1.165, 1.54) is 11.1 Å². The molecule has 0 saturated heterocycles. The van der Waals surface area contributed by atoms with Crippen molar-refractivity contribution in [2.75, 3.05) is 0 Å². The highest BCUT2D eigenvalue weighted by molar-refractivity contribution is 6.03. The molecule has 25 heavy (non-hydrogen) atoms. The first-order valence-electron chi connectivity index (χ1n) is 8.30. The number of pyridine rings is 1. The summed E-state index contributed by atoms with van der Waals surface area (Å²) in [6.07, 6.45) is 5.69. The minimum atomic E-state index is 0.895. The van der Waals surface area contributed by atoms with E-state index in [-0.39, 0.29) is 0 Å². The molecule has 5 aromatic rings. The molecular formula is C22H16N2O. The van der Waals surface area contributed by atoms with E-state index in [4.69, 9.17) is 4.42 Å². The Labute approximate surface area is 144 Å². The number of nitrogens with zero attached hydrogens (tertiary/aromatic N) is 1. The van der Waals surface area contributed by atoms with Crippen LogP contribution in [0.15, 0.2) is 77.7 Å². The van der Waals surface area contributed by atoms with Crippen molar-refractivity contribution < 1.29 is 4.42 Å². The van der Waals surface area contributed by atoms with Gasteiger partial charge in [0, 0.05) is 34.3 Å². The van der Waals surface area contributed by atoms with Crippen LogP contribution in [0.25, 0.3) is 44.3 Å². The molecule has 0 aliphatic rings. The molecule has 0 unspecified atom stereocenters. The fraction of sp³-hybridized carbons (Fsp3) is 0.0455. The molecule has 3 heterocycles. The molecule has 3 heteroatoms. The zero-order valence-corrected chi connectivity index (χ0v) is 13.8. The van der Waals surface area contributed by atoms with Gasteiger partial charge in [0.05, 0.1) is 6.26 Å². The highest BCUT2D eigenvalue weighted by atomic mass is 16.3. The summed E-state index contributed by atoms with van der Waals surface area (Å²) in [6, 6.07) is 18.9. The van der Waals surface area contributed by atoms with Crippen molar-refractivity contribution in [1.82, 2.24) is 9.97 Å². The second-order valence-corrected chi connectivity index (χ2v) is 6.33. The third-order valence-corrected chi connectivity index (χ3v) is 4.67. The van der Waals surface area contributed by atoms with E-state index < -0.39 is 0 Å². The first kappa shape index (κ1) is 14.1. The van der Waals surface area contributed by atoms with Gasteiger partial charge in [-0.05, 0) is 36.2 Å². The monoisotopic (exact) mass is 324 g/mol. The van der Waals surface area contributed by atoms with Crippen molar-refractivity contribution in [3.8, 4) is 22.3 Å². The zero-order valence-electron chi connectivity index (χ0n) is 13.8. The van der Waals surface area contributed by atoms with Crippen LogP contribution in [0, 0.1) is 6.92 Å². The number of aromatic nitrogens is 2. The van der Waals surface area contributed by atoms with Gasteiger partial charge in [0.25, 0.3) is 0 Å². The van der Waals surface area contributed by atoms with Crippen LogP contribution >= 0.6 is 0 Å². The van der Waals surface area contributed by atoms with Gasteiger partial charge in [0.15, 0.2) is 0 Å². The Morgan fingerprint density at radius 2 is 1.80 bits per heavy atom. The lowest BCUT2D eigenvalue weighted by Gasteiger charge is -2.05. The smallest absolute Gasteiger partial charge is 0.137 e. The molecule has 1 N–H and O–H groups in total. The highest BCUT2D eigenvalue weighted by Crippen LogP contribution is 2.35. The molecule has 3 aromatic heterocycles. The van der Waals surface area contributed by atoms with Crippen LogP contribution in [0.5, 0.6) is 0 Å². The summed E-state index contributed by atoms with van der Waals surface area (Å²) in [7, 11) is 0. The lowest BCUT2D eigenvalue weighted by molar-refractivity contribution is 0.616. The van der Waals surface area contributed by atoms with Gasteiger partial charge in [-0.3, -0.25) is 0 Å². The van der Waals surface area contributed by atoms with Gasteiger partial charge in [-0.25, -0.2) is 4.98 Å². The lowest BCUT2D eigenvalue weighted by atomic mass is 9.99. The number of fused-ring (bicyclic) bond motifs is 2. The third kappa shape index (κ3) is 2.24. The number of hydrogen-bond donors (Lipinski definition) is 1. The van der Waals surface area contributed by atoms with Gasteiger partial charge in [-0.15, -0.1) is 0 Å². The second kappa shape index (κ2) is 5.35. The van der Waals surface area contributed by atoms with Gasteiger partial charge < -0.3 is 9.40 Å². The van der Waals surface area contributed by atoms with Gasteiger partial charge in [-0.1, -0.05) is 42.0 Å². The highest BCUT2D eigenvalue weighted by Gasteiger charge is 2.12. The minimum absolute atomic E-state index is 0.895. The molecule has 0 spiro atoms. The van der Waals surface area contributed by atoms with Crippen LogP contribution in [0.4, 0.5) is 0 Å². The summed E-state index contributed by atoms with van der Waals surface area (Å²) < 4.78 is 5.55. The number of benzene rings is 2. The van der Waals surface area contributed by atoms with Gasteiger partial charge >= 0.3 is 0 Å². The lowest BCUT2D eigenvalue weighted by Crippen LogP contribution is -1.84. The Bertz CT molecular complexity index is 1210. The Hall–Kier alpha value is -3.33. The zero-order chi connectivity index (χ0) is 16.8. The fourth-order valence-electron chi connectivity index (χ4n) is 3.44. The largest absolute Gasteiger partial charge is 0.464 e. The van der Waals surface area contributed by atoms with E-state index in [0.717, 1.165) is 38.7 Å². The maximum atomic E-state index is 5.55. The summed E-state index contributed by atoms with van der Waals surface area (Å²) in [5.41, 5.74) is 7.64. The summed E-state index contributed by atoms with van der Waals surface area (Å²) in [6.45, 7) is 2.11. The van der Waals surface area contributed by atoms with Crippen LogP contribution in [-0.4, -0.2) is 9.97 Å². The molecule has 3 nitrogen and oxygen atoms in total. The molecule has 0 bridgehead atoms. The summed E-state index contributed by atoms with van der Waals surface area (Å²) >= 11 is 0. The van der Waals surface area contributed by atoms with Crippen LogP contribution in [0.3, 0.4) is 0 Å². The number of H-pyrrole nitrogens is 1. The number of nitrogens with one attached hydrogen (secondary N) is 1. The topological polar surface area (TPSA) is 41.8 Å². The summed E-state index contributed by atoms with van der Waals surface area (Å²) in [5, 5.41) is 2.23. The molecule has 0 radical (unpaired) electrons. The van der Waals surface area contributed by atoms with Crippen molar-refractivity contribution >= 4 is 22.0 Å². The van der Waals surface area contributed by atoms with Crippen molar-refractivity contribution in [3.05, 3.63) is 78.8 Å². The molecule has 0 aliphatic carbocycles. The summed E-state index contributed by atoms with van der Waals surface area (Å²) in [4.78, 5) is 7.91. The molecule has 2 aromatic carbocycles. The molecule has 0 amide bonds. The van der Waals surface area contributed by atoms with E-state index in [2.05, 4.69) is 53.3 Å². The number of rotatable bonds is 2. The average molecular weight is 324 g/mol. The van der Waals surface area contributed by atoms with Crippen molar-refractivity contribution in [3.63, 3.8) is 0 Å². The predicted molar refractivity (Wildman–Crippen MR) is 101 cm³/mol. The molecule has 0 saturated carbocycles. The number of aromatic amines is 1. The van der Waals surface area contributed by atoms with Crippen molar-refractivity contribution in [2.24, 2.45) is 0 Å². The van der Waals surface area contributed by atoms with Gasteiger partial charge in [-0.2, -0.15) is 0 Å². The number of hydrogen-bond acceptors (Lipinski definition) is 2. The SMILES string of the molecule is Cc1cccc(-c2cnc3[nH]cc(-c4cccc5occc45)c3c2)c1. The first-order chi connectivity index (χ1) is 12.3. The maximum absolute atomic E-state index is 5.55. The van der Waals surface area contributed by atoms with Crippen molar-refractivity contribution in [1.29, 1.82) is 0 Å². The third-order valence-electron chi connectivity index (χ3n) is 4.67. The van der Waals surface area contributed by atoms with Crippen molar-refractivity contribution in [2.45, 2.75) is 6.92 Å². The summed E-state index contributed by atoms with van der Waals surface area (Å²) in [5.74, 6) is 0. The average Bonchev–Trinajstić information content (AvgIpc) is 3.27. The maximum Gasteiger partial charge on any atom is 0.137 e. The molecule has 120 valence electrons. The van der Waals surface area contributed by atoms with Crippen LogP contribution < -0.4 is 0 Å². The standard InChI is InChI=1S/C22H16N2O/c1-14-4-2-5-15(10-14)16-11-19-20(13-24-22(19)23-12-16)17-6-3-7-21-18(17)8-9-25-21/h2-13H,1H3,(H,23,24). The molecule has 0 aliphatic heterocycles. The Kier molecular flexibility index (Phi) is 3.01. The molecule has 0 atom stereocenters. The van der Waals surface area contributed by atoms with Gasteiger partial charge in [0.2, 0.25) is 0 Å². The molecule has 5 rings (SSSR count). The molecular weight excluding hydrogens is 308 g/mol. The fourth-order valence-corrected chi connectivity index (χ4v) is 3.44. The van der Waals surface area contributed by atoms with Crippen LogP contribution in [0.2, 0.25) is 0 Å². The Morgan fingerprint density at radius 3 is 2.72 bits per heavy atom. The number of furan rings is 1. The predicted octanol–water partition coefficient (Wildman–Crippen LogP) is 5.95.